The highest BCUT2D eigenvalue weighted by Crippen LogP contribution is 2.39. The van der Waals surface area contributed by atoms with Gasteiger partial charge in [-0.05, 0) is 46.4 Å². The zero-order valence-electron chi connectivity index (χ0n) is 14.9. The molecule has 0 unspecified atom stereocenters. The first-order valence-corrected chi connectivity index (χ1v) is 12.0. The Morgan fingerprint density at radius 2 is 1.89 bits per heavy atom. The Labute approximate surface area is 168 Å². The van der Waals surface area contributed by atoms with E-state index in [1.807, 2.05) is 25.2 Å². The second-order valence-electron chi connectivity index (χ2n) is 5.88. The number of halogens is 3. The van der Waals surface area contributed by atoms with Gasteiger partial charge >= 0.3 is 6.18 Å². The van der Waals surface area contributed by atoms with Crippen molar-refractivity contribution in [3.8, 4) is 0 Å². The van der Waals surface area contributed by atoms with E-state index in [1.54, 1.807) is 16.9 Å². The minimum atomic E-state index is -4.31. The molecule has 146 valence electrons. The molecule has 1 N–H and O–H groups in total. The van der Waals surface area contributed by atoms with E-state index < -0.39 is 11.7 Å². The Hall–Kier alpha value is -1.25. The standard InChI is InChI=1S/C19H20F3NOS3/c1-3-13(2)17-8-7-15(10-18(17)23-24)12-26-27-25-11-14-5-4-6-16(9-14)19(20,21)22/h4-10,24H,3,11-12H2,1-2H3/b17-13+,23-18-. The van der Waals surface area contributed by atoms with E-state index in [9.17, 15) is 18.4 Å². The maximum absolute atomic E-state index is 12.7. The van der Waals surface area contributed by atoms with E-state index in [-0.39, 0.29) is 0 Å². The molecule has 0 heterocycles. The second kappa shape index (κ2) is 10.3. The van der Waals surface area contributed by atoms with Gasteiger partial charge in [0.15, 0.2) is 0 Å². The van der Waals surface area contributed by atoms with Crippen molar-refractivity contribution in [3.05, 3.63) is 70.3 Å². The molecule has 2 nitrogen and oxygen atoms in total. The number of nitrogens with zero attached hydrogens (tertiary/aromatic N) is 1. The first-order valence-electron chi connectivity index (χ1n) is 8.23. The molecule has 0 saturated heterocycles. The Morgan fingerprint density at radius 1 is 1.15 bits per heavy atom. The fourth-order valence-corrected chi connectivity index (χ4v) is 5.94. The van der Waals surface area contributed by atoms with E-state index in [4.69, 9.17) is 0 Å². The number of rotatable bonds is 7. The molecule has 1 aromatic carbocycles. The molecule has 0 bridgehead atoms. The monoisotopic (exact) mass is 431 g/mol. The van der Waals surface area contributed by atoms with Gasteiger partial charge in [-0.25, -0.2) is 0 Å². The van der Waals surface area contributed by atoms with Crippen molar-refractivity contribution in [2.75, 3.05) is 5.75 Å². The summed E-state index contributed by atoms with van der Waals surface area (Å²) in [6.45, 7) is 4.07. The largest absolute Gasteiger partial charge is 0.416 e. The highest BCUT2D eigenvalue weighted by Gasteiger charge is 2.30. The molecular formula is C19H20F3NOS3. The molecule has 0 saturated carbocycles. The predicted octanol–water partition coefficient (Wildman–Crippen LogP) is 7.29. The molecule has 0 aromatic heterocycles. The molecule has 1 aliphatic carbocycles. The number of hydrogen-bond acceptors (Lipinski definition) is 5. The van der Waals surface area contributed by atoms with E-state index in [2.05, 4.69) is 12.1 Å². The summed E-state index contributed by atoms with van der Waals surface area (Å²) in [6.07, 6.45) is 2.41. The number of allylic oxidation sites excluding steroid dienone is 5. The van der Waals surface area contributed by atoms with Gasteiger partial charge in [0, 0.05) is 17.1 Å². The molecule has 0 amide bonds. The summed E-state index contributed by atoms with van der Waals surface area (Å²) in [5, 5.41) is 12.6. The average molecular weight is 432 g/mol. The van der Waals surface area contributed by atoms with Crippen LogP contribution < -0.4 is 0 Å². The summed E-state index contributed by atoms with van der Waals surface area (Å²) in [4.78, 5) is 0. The third-order valence-electron chi connectivity index (χ3n) is 3.96. The molecule has 0 radical (unpaired) electrons. The highest BCUT2D eigenvalue weighted by atomic mass is 33.5. The van der Waals surface area contributed by atoms with Crippen LogP contribution in [0.4, 0.5) is 13.2 Å². The minimum absolute atomic E-state index is 0.502. The van der Waals surface area contributed by atoms with Crippen molar-refractivity contribution in [1.29, 1.82) is 0 Å². The van der Waals surface area contributed by atoms with Crippen molar-refractivity contribution < 1.29 is 18.4 Å². The Bertz CT molecular complexity index is 783. The van der Waals surface area contributed by atoms with Crippen LogP contribution in [0.2, 0.25) is 0 Å². The first kappa shape index (κ1) is 22.0. The molecule has 0 aliphatic heterocycles. The summed E-state index contributed by atoms with van der Waals surface area (Å²) in [7, 11) is 4.64. The molecule has 1 aromatic rings. The maximum atomic E-state index is 12.7. The predicted molar refractivity (Wildman–Crippen MR) is 112 cm³/mol. The van der Waals surface area contributed by atoms with Crippen molar-refractivity contribution >= 4 is 37.1 Å². The number of benzene rings is 1. The van der Waals surface area contributed by atoms with Crippen molar-refractivity contribution in [2.24, 2.45) is 5.16 Å². The van der Waals surface area contributed by atoms with E-state index in [0.717, 1.165) is 29.2 Å². The van der Waals surface area contributed by atoms with Gasteiger partial charge in [0.1, 0.15) is 5.71 Å². The Balaban J connectivity index is 1.81. The minimum Gasteiger partial charge on any atom is -0.410 e. The maximum Gasteiger partial charge on any atom is 0.416 e. The number of oxime groups is 1. The van der Waals surface area contributed by atoms with Crippen LogP contribution in [0.15, 0.2) is 64.4 Å². The smallest absolute Gasteiger partial charge is 0.410 e. The van der Waals surface area contributed by atoms with Crippen LogP contribution in [0, 0.1) is 0 Å². The summed E-state index contributed by atoms with van der Waals surface area (Å²) in [6, 6.07) is 5.42. The lowest BCUT2D eigenvalue weighted by Gasteiger charge is -2.13. The average Bonchev–Trinajstić information content (AvgIpc) is 2.66. The topological polar surface area (TPSA) is 32.6 Å². The number of hydrogen-bond donors (Lipinski definition) is 1. The third kappa shape index (κ3) is 6.69. The van der Waals surface area contributed by atoms with E-state index in [1.165, 1.54) is 32.8 Å². The van der Waals surface area contributed by atoms with Crippen LogP contribution in [0.1, 0.15) is 31.4 Å². The molecule has 27 heavy (non-hydrogen) atoms. The Morgan fingerprint density at radius 3 is 2.56 bits per heavy atom. The molecular weight excluding hydrogens is 411 g/mol. The first-order chi connectivity index (χ1) is 12.8. The molecule has 0 atom stereocenters. The van der Waals surface area contributed by atoms with Gasteiger partial charge < -0.3 is 5.21 Å². The lowest BCUT2D eigenvalue weighted by Crippen LogP contribution is -2.06. The van der Waals surface area contributed by atoms with Gasteiger partial charge in [-0.3, -0.25) is 0 Å². The van der Waals surface area contributed by atoms with Crippen LogP contribution in [0.25, 0.3) is 0 Å². The van der Waals surface area contributed by atoms with Crippen LogP contribution >= 0.6 is 31.4 Å². The van der Waals surface area contributed by atoms with Gasteiger partial charge in [0.05, 0.1) is 5.56 Å². The lowest BCUT2D eigenvalue weighted by molar-refractivity contribution is -0.137. The van der Waals surface area contributed by atoms with Gasteiger partial charge in [-0.1, -0.05) is 69.6 Å². The lowest BCUT2D eigenvalue weighted by atomic mass is 9.96. The fraction of sp³-hybridized carbons (Fsp3) is 0.316. The molecule has 8 heteroatoms. The second-order valence-corrected chi connectivity index (χ2v) is 10.1. The zero-order valence-corrected chi connectivity index (χ0v) is 17.4. The SMILES string of the molecule is CC/C(C)=C1\C=CC(CSSSCc2cccc(C(F)(F)F)c2)=C\C1=N\O. The van der Waals surface area contributed by atoms with Crippen molar-refractivity contribution in [3.63, 3.8) is 0 Å². The van der Waals surface area contributed by atoms with Crippen molar-refractivity contribution in [1.82, 2.24) is 0 Å². The van der Waals surface area contributed by atoms with Crippen LogP contribution in [0.3, 0.4) is 0 Å². The van der Waals surface area contributed by atoms with E-state index >= 15 is 0 Å². The summed E-state index contributed by atoms with van der Waals surface area (Å²) < 4.78 is 38.2. The molecule has 1 aliphatic rings. The van der Waals surface area contributed by atoms with Gasteiger partial charge in [-0.15, -0.1) is 0 Å². The fourth-order valence-electron chi connectivity index (χ4n) is 2.36. The van der Waals surface area contributed by atoms with Crippen LogP contribution in [0.5, 0.6) is 0 Å². The molecule has 2 rings (SSSR count). The van der Waals surface area contributed by atoms with Crippen LogP contribution in [-0.2, 0) is 11.9 Å². The normalized spacial score (nSPS) is 18.0. The quantitative estimate of drug-likeness (QED) is 0.213. The number of alkyl halides is 3. The highest BCUT2D eigenvalue weighted by molar-refractivity contribution is 9.09. The van der Waals surface area contributed by atoms with Gasteiger partial charge in [0.25, 0.3) is 0 Å². The van der Waals surface area contributed by atoms with Crippen LogP contribution in [-0.4, -0.2) is 16.7 Å². The van der Waals surface area contributed by atoms with Gasteiger partial charge in [0.2, 0.25) is 0 Å². The molecule has 0 spiro atoms. The summed E-state index contributed by atoms with van der Waals surface area (Å²) in [5.74, 6) is 1.22. The Kier molecular flexibility index (Phi) is 8.44. The summed E-state index contributed by atoms with van der Waals surface area (Å²) in [5.41, 5.74) is 3.74. The van der Waals surface area contributed by atoms with Gasteiger partial charge in [-0.2, -0.15) is 13.2 Å². The van der Waals surface area contributed by atoms with E-state index in [0.29, 0.717) is 22.8 Å². The summed E-state index contributed by atoms with van der Waals surface area (Å²) >= 11 is 0. The van der Waals surface area contributed by atoms with Crippen molar-refractivity contribution in [2.45, 2.75) is 32.2 Å². The zero-order chi connectivity index (χ0) is 19.9. The third-order valence-corrected chi connectivity index (χ3v) is 8.07. The molecule has 0 fully saturated rings.